The van der Waals surface area contributed by atoms with Crippen molar-refractivity contribution in [2.45, 2.75) is 20.8 Å². The standard InChI is InChI=1S/C17H22N4O3/c1-12-4-5-15(10-13(12)2)23-11-16(22)20-6-8-21(9-7-20)17-19-18-14(3)24-17/h4-5,10H,6-9,11H2,1-3H3. The van der Waals surface area contributed by atoms with Gasteiger partial charge < -0.3 is 19.0 Å². The monoisotopic (exact) mass is 330 g/mol. The van der Waals surface area contributed by atoms with Crippen LogP contribution in [0.1, 0.15) is 17.0 Å². The molecule has 2 heterocycles. The molecule has 0 saturated carbocycles. The third kappa shape index (κ3) is 3.67. The van der Waals surface area contributed by atoms with Crippen molar-refractivity contribution in [2.75, 3.05) is 37.7 Å². The van der Waals surface area contributed by atoms with E-state index in [9.17, 15) is 4.79 Å². The lowest BCUT2D eigenvalue weighted by Crippen LogP contribution is -2.50. The predicted octanol–water partition coefficient (Wildman–Crippen LogP) is 1.72. The normalized spacial score (nSPS) is 14.8. The maximum atomic E-state index is 12.3. The second-order valence-electron chi connectivity index (χ2n) is 6.01. The van der Waals surface area contributed by atoms with Gasteiger partial charge in [0.2, 0.25) is 5.89 Å². The highest BCUT2D eigenvalue weighted by molar-refractivity contribution is 5.78. The minimum atomic E-state index is -0.00501. The summed E-state index contributed by atoms with van der Waals surface area (Å²) < 4.78 is 11.0. The number of rotatable bonds is 4. The van der Waals surface area contributed by atoms with Gasteiger partial charge in [0, 0.05) is 33.1 Å². The number of nitrogens with zero attached hydrogens (tertiary/aromatic N) is 4. The van der Waals surface area contributed by atoms with Crippen LogP contribution in [0, 0.1) is 20.8 Å². The molecule has 1 aliphatic rings. The minimum Gasteiger partial charge on any atom is -0.484 e. The molecule has 0 atom stereocenters. The fraction of sp³-hybridized carbons (Fsp3) is 0.471. The van der Waals surface area contributed by atoms with E-state index in [1.807, 2.05) is 30.0 Å². The number of amides is 1. The van der Waals surface area contributed by atoms with E-state index in [1.165, 1.54) is 5.56 Å². The average Bonchev–Trinajstić information content (AvgIpc) is 3.02. The Kier molecular flexibility index (Phi) is 4.69. The molecule has 0 aliphatic carbocycles. The van der Waals surface area contributed by atoms with Crippen molar-refractivity contribution < 1.29 is 13.9 Å². The largest absolute Gasteiger partial charge is 0.484 e. The molecule has 0 spiro atoms. The summed E-state index contributed by atoms with van der Waals surface area (Å²) >= 11 is 0. The first kappa shape index (κ1) is 16.3. The van der Waals surface area contributed by atoms with Crippen LogP contribution in [0.2, 0.25) is 0 Å². The Morgan fingerprint density at radius 1 is 1.12 bits per heavy atom. The molecule has 1 aromatic heterocycles. The topological polar surface area (TPSA) is 71.7 Å². The van der Waals surface area contributed by atoms with Crippen molar-refractivity contribution in [1.82, 2.24) is 15.1 Å². The predicted molar refractivity (Wildman–Crippen MR) is 89.2 cm³/mol. The maximum absolute atomic E-state index is 12.3. The van der Waals surface area contributed by atoms with Crippen LogP contribution in [0.3, 0.4) is 0 Å². The van der Waals surface area contributed by atoms with Crippen LogP contribution in [-0.2, 0) is 4.79 Å². The second kappa shape index (κ2) is 6.90. The van der Waals surface area contributed by atoms with Gasteiger partial charge in [0.15, 0.2) is 6.61 Å². The molecule has 0 unspecified atom stereocenters. The molecule has 0 N–H and O–H groups in total. The molecule has 1 aromatic carbocycles. The molecule has 1 fully saturated rings. The molecule has 7 heteroatoms. The zero-order valence-corrected chi connectivity index (χ0v) is 14.3. The number of hydrogen-bond acceptors (Lipinski definition) is 6. The highest BCUT2D eigenvalue weighted by Crippen LogP contribution is 2.17. The lowest BCUT2D eigenvalue weighted by atomic mass is 10.1. The van der Waals surface area contributed by atoms with E-state index in [1.54, 1.807) is 11.8 Å². The molecule has 0 radical (unpaired) electrons. The Bertz CT molecular complexity index is 720. The lowest BCUT2D eigenvalue weighted by Gasteiger charge is -2.33. The van der Waals surface area contributed by atoms with E-state index in [2.05, 4.69) is 17.1 Å². The summed E-state index contributed by atoms with van der Waals surface area (Å²) in [6.07, 6.45) is 0. The molecule has 1 aliphatic heterocycles. The van der Waals surface area contributed by atoms with Crippen molar-refractivity contribution in [3.8, 4) is 5.75 Å². The van der Waals surface area contributed by atoms with E-state index in [0.29, 0.717) is 38.1 Å². The van der Waals surface area contributed by atoms with Crippen LogP contribution in [0.25, 0.3) is 0 Å². The van der Waals surface area contributed by atoms with Crippen molar-refractivity contribution >= 4 is 11.9 Å². The van der Waals surface area contributed by atoms with Crippen LogP contribution in [-0.4, -0.2) is 53.8 Å². The lowest BCUT2D eigenvalue weighted by molar-refractivity contribution is -0.133. The zero-order valence-electron chi connectivity index (χ0n) is 14.3. The summed E-state index contributed by atoms with van der Waals surface area (Å²) in [5.41, 5.74) is 2.37. The van der Waals surface area contributed by atoms with Crippen molar-refractivity contribution in [3.63, 3.8) is 0 Å². The number of piperazine rings is 1. The molecular weight excluding hydrogens is 308 g/mol. The SMILES string of the molecule is Cc1nnc(N2CCN(C(=O)COc3ccc(C)c(C)c3)CC2)o1. The summed E-state index contributed by atoms with van der Waals surface area (Å²) in [5.74, 6) is 1.27. The van der Waals surface area contributed by atoms with E-state index in [0.717, 1.165) is 11.3 Å². The van der Waals surface area contributed by atoms with Crippen molar-refractivity contribution in [2.24, 2.45) is 0 Å². The Labute approximate surface area is 141 Å². The van der Waals surface area contributed by atoms with Crippen LogP contribution >= 0.6 is 0 Å². The average molecular weight is 330 g/mol. The number of anilines is 1. The van der Waals surface area contributed by atoms with Crippen LogP contribution in [0.15, 0.2) is 22.6 Å². The van der Waals surface area contributed by atoms with Gasteiger partial charge in [-0.1, -0.05) is 11.2 Å². The Balaban J connectivity index is 1.49. The smallest absolute Gasteiger partial charge is 0.318 e. The maximum Gasteiger partial charge on any atom is 0.318 e. The molecule has 7 nitrogen and oxygen atoms in total. The number of aromatic nitrogens is 2. The number of carbonyl (C=O) groups is 1. The molecule has 1 amide bonds. The third-order valence-electron chi connectivity index (χ3n) is 4.26. The Hall–Kier alpha value is -2.57. The van der Waals surface area contributed by atoms with Gasteiger partial charge >= 0.3 is 6.01 Å². The van der Waals surface area contributed by atoms with Gasteiger partial charge in [-0.25, -0.2) is 0 Å². The highest BCUT2D eigenvalue weighted by atomic mass is 16.5. The molecule has 0 bridgehead atoms. The number of hydrogen-bond donors (Lipinski definition) is 0. The number of benzene rings is 1. The first-order chi connectivity index (χ1) is 11.5. The molecular formula is C17H22N4O3. The summed E-state index contributed by atoms with van der Waals surface area (Å²) in [5, 5.41) is 7.85. The van der Waals surface area contributed by atoms with E-state index < -0.39 is 0 Å². The Morgan fingerprint density at radius 2 is 1.88 bits per heavy atom. The molecule has 2 aromatic rings. The van der Waals surface area contributed by atoms with Crippen LogP contribution in [0.5, 0.6) is 5.75 Å². The first-order valence-corrected chi connectivity index (χ1v) is 8.06. The second-order valence-corrected chi connectivity index (χ2v) is 6.01. The van der Waals surface area contributed by atoms with Crippen LogP contribution < -0.4 is 9.64 Å². The number of ether oxygens (including phenoxy) is 1. The van der Waals surface area contributed by atoms with Crippen molar-refractivity contribution in [1.29, 1.82) is 0 Å². The van der Waals surface area contributed by atoms with E-state index in [4.69, 9.17) is 9.15 Å². The molecule has 128 valence electrons. The van der Waals surface area contributed by atoms with Gasteiger partial charge in [-0.3, -0.25) is 4.79 Å². The third-order valence-corrected chi connectivity index (χ3v) is 4.26. The summed E-state index contributed by atoms with van der Waals surface area (Å²) in [7, 11) is 0. The quantitative estimate of drug-likeness (QED) is 0.850. The summed E-state index contributed by atoms with van der Waals surface area (Å²) in [4.78, 5) is 16.1. The molecule has 3 rings (SSSR count). The highest BCUT2D eigenvalue weighted by Gasteiger charge is 2.24. The van der Waals surface area contributed by atoms with E-state index >= 15 is 0 Å². The zero-order chi connectivity index (χ0) is 17.1. The molecule has 1 saturated heterocycles. The fourth-order valence-electron chi connectivity index (χ4n) is 2.60. The van der Waals surface area contributed by atoms with E-state index in [-0.39, 0.29) is 12.5 Å². The molecule has 24 heavy (non-hydrogen) atoms. The van der Waals surface area contributed by atoms with Gasteiger partial charge in [0.05, 0.1) is 0 Å². The van der Waals surface area contributed by atoms with Gasteiger partial charge in [0.25, 0.3) is 5.91 Å². The summed E-state index contributed by atoms with van der Waals surface area (Å²) in [6.45, 7) is 8.50. The fourth-order valence-corrected chi connectivity index (χ4v) is 2.60. The summed E-state index contributed by atoms with van der Waals surface area (Å²) in [6, 6.07) is 6.37. The van der Waals surface area contributed by atoms with Gasteiger partial charge in [-0.05, 0) is 37.1 Å². The van der Waals surface area contributed by atoms with Gasteiger partial charge in [-0.2, -0.15) is 0 Å². The number of carbonyl (C=O) groups excluding carboxylic acids is 1. The van der Waals surface area contributed by atoms with Gasteiger partial charge in [0.1, 0.15) is 5.75 Å². The minimum absolute atomic E-state index is 0.00501. The Morgan fingerprint density at radius 3 is 2.50 bits per heavy atom. The number of aryl methyl sites for hydroxylation is 3. The first-order valence-electron chi connectivity index (χ1n) is 8.06. The van der Waals surface area contributed by atoms with Gasteiger partial charge in [-0.15, -0.1) is 5.10 Å². The van der Waals surface area contributed by atoms with Crippen LogP contribution in [0.4, 0.5) is 6.01 Å². The van der Waals surface area contributed by atoms with Crippen molar-refractivity contribution in [3.05, 3.63) is 35.2 Å².